The average Bonchev–Trinajstić information content (AvgIpc) is 2.44. The van der Waals surface area contributed by atoms with Crippen LogP contribution in [0.25, 0.3) is 0 Å². The van der Waals surface area contributed by atoms with Crippen molar-refractivity contribution in [3.8, 4) is 0 Å². The molecule has 2 atom stereocenters. The Balaban J connectivity index is 2.78. The van der Waals surface area contributed by atoms with Crippen LogP contribution in [-0.4, -0.2) is 30.6 Å². The third-order valence-corrected chi connectivity index (χ3v) is 4.00. The van der Waals surface area contributed by atoms with E-state index >= 15 is 0 Å². The molecule has 0 heterocycles. The van der Waals surface area contributed by atoms with E-state index in [1.807, 2.05) is 0 Å². The summed E-state index contributed by atoms with van der Waals surface area (Å²) in [5.74, 6) is 1.31. The minimum atomic E-state index is 0.435. The summed E-state index contributed by atoms with van der Waals surface area (Å²) in [4.78, 5) is 2.61. The molecule has 0 fully saturated rings. The quantitative estimate of drug-likeness (QED) is 0.728. The summed E-state index contributed by atoms with van der Waals surface area (Å²) in [5, 5.41) is 3.67. The summed E-state index contributed by atoms with van der Waals surface area (Å²) in [7, 11) is 0. The van der Waals surface area contributed by atoms with Gasteiger partial charge in [0.25, 0.3) is 0 Å². The summed E-state index contributed by atoms with van der Waals surface area (Å²) >= 11 is 0. The summed E-state index contributed by atoms with van der Waals surface area (Å²) < 4.78 is 0. The van der Waals surface area contributed by atoms with Gasteiger partial charge in [0.1, 0.15) is 0 Å². The van der Waals surface area contributed by atoms with Crippen molar-refractivity contribution < 1.29 is 0 Å². The third kappa shape index (κ3) is 6.19. The van der Waals surface area contributed by atoms with Crippen molar-refractivity contribution in [2.75, 3.05) is 19.6 Å². The maximum Gasteiger partial charge on any atom is 0.0358 e. The number of nitrogens with one attached hydrogen (secondary N) is 1. The molecule has 1 aromatic carbocycles. The summed E-state index contributed by atoms with van der Waals surface area (Å²) in [5.41, 5.74) is 1.40. The highest BCUT2D eigenvalue weighted by molar-refractivity contribution is 5.19. The first kappa shape index (κ1) is 18.2. The minimum absolute atomic E-state index is 0.435. The number of nitrogens with zero attached hydrogens (tertiary/aromatic N) is 1. The van der Waals surface area contributed by atoms with Gasteiger partial charge in [-0.3, -0.25) is 0 Å². The minimum Gasteiger partial charge on any atom is -0.310 e. The molecule has 120 valence electrons. The van der Waals surface area contributed by atoms with Crippen molar-refractivity contribution >= 4 is 0 Å². The number of benzene rings is 1. The highest BCUT2D eigenvalue weighted by Gasteiger charge is 2.22. The zero-order valence-corrected chi connectivity index (χ0v) is 14.8. The van der Waals surface area contributed by atoms with E-state index in [0.717, 1.165) is 13.1 Å². The standard InChI is InChI=1S/C19H34N2/c1-7-20-19(18-11-9-8-10-12-18)17(6)14-21(16(4)5)13-15(2)3/h8-12,15-17,19-20H,7,13-14H2,1-6H3. The number of hydrogen-bond donors (Lipinski definition) is 1. The zero-order valence-electron chi connectivity index (χ0n) is 14.8. The fourth-order valence-corrected chi connectivity index (χ4v) is 2.97. The van der Waals surface area contributed by atoms with Gasteiger partial charge >= 0.3 is 0 Å². The van der Waals surface area contributed by atoms with Crippen molar-refractivity contribution in [2.24, 2.45) is 11.8 Å². The molecule has 0 amide bonds. The van der Waals surface area contributed by atoms with Gasteiger partial charge in [-0.15, -0.1) is 0 Å². The molecular formula is C19H34N2. The SMILES string of the molecule is CCNC(c1ccccc1)C(C)CN(CC(C)C)C(C)C. The van der Waals surface area contributed by atoms with Gasteiger partial charge in [-0.25, -0.2) is 0 Å². The van der Waals surface area contributed by atoms with Gasteiger partial charge in [0.05, 0.1) is 0 Å². The van der Waals surface area contributed by atoms with E-state index in [1.54, 1.807) is 0 Å². The first-order valence-electron chi connectivity index (χ1n) is 8.48. The molecule has 2 nitrogen and oxygen atoms in total. The lowest BCUT2D eigenvalue weighted by molar-refractivity contribution is 0.156. The van der Waals surface area contributed by atoms with Crippen molar-refractivity contribution in [2.45, 2.75) is 53.6 Å². The predicted octanol–water partition coefficient (Wildman–Crippen LogP) is 4.34. The van der Waals surface area contributed by atoms with Gasteiger partial charge in [0, 0.05) is 25.2 Å². The second-order valence-corrected chi connectivity index (χ2v) is 6.86. The molecular weight excluding hydrogens is 256 g/mol. The molecule has 0 aliphatic heterocycles. The van der Waals surface area contributed by atoms with Gasteiger partial charge in [-0.2, -0.15) is 0 Å². The van der Waals surface area contributed by atoms with Gasteiger partial charge in [-0.05, 0) is 37.8 Å². The Bertz CT molecular complexity index is 372. The predicted molar refractivity (Wildman–Crippen MR) is 93.6 cm³/mol. The van der Waals surface area contributed by atoms with E-state index in [9.17, 15) is 0 Å². The Morgan fingerprint density at radius 1 is 0.952 bits per heavy atom. The number of hydrogen-bond acceptors (Lipinski definition) is 2. The van der Waals surface area contributed by atoms with Crippen molar-refractivity contribution in [3.63, 3.8) is 0 Å². The first-order chi connectivity index (χ1) is 9.95. The molecule has 1 aromatic rings. The Morgan fingerprint density at radius 2 is 1.57 bits per heavy atom. The maximum atomic E-state index is 3.67. The molecule has 21 heavy (non-hydrogen) atoms. The van der Waals surface area contributed by atoms with E-state index in [4.69, 9.17) is 0 Å². The third-order valence-electron chi connectivity index (χ3n) is 4.00. The fraction of sp³-hybridized carbons (Fsp3) is 0.684. The van der Waals surface area contributed by atoms with E-state index in [-0.39, 0.29) is 0 Å². The lowest BCUT2D eigenvalue weighted by Gasteiger charge is -2.34. The Morgan fingerprint density at radius 3 is 2.05 bits per heavy atom. The highest BCUT2D eigenvalue weighted by atomic mass is 15.2. The van der Waals surface area contributed by atoms with Crippen LogP contribution in [0.4, 0.5) is 0 Å². The van der Waals surface area contributed by atoms with Gasteiger partial charge in [0.15, 0.2) is 0 Å². The van der Waals surface area contributed by atoms with Crippen molar-refractivity contribution in [1.29, 1.82) is 0 Å². The lowest BCUT2D eigenvalue weighted by Crippen LogP contribution is -2.41. The molecule has 1 rings (SSSR count). The average molecular weight is 290 g/mol. The van der Waals surface area contributed by atoms with E-state index in [0.29, 0.717) is 23.9 Å². The van der Waals surface area contributed by atoms with Crippen LogP contribution in [0.2, 0.25) is 0 Å². The molecule has 2 unspecified atom stereocenters. The van der Waals surface area contributed by atoms with Crippen LogP contribution < -0.4 is 5.32 Å². The fourth-order valence-electron chi connectivity index (χ4n) is 2.97. The van der Waals surface area contributed by atoms with E-state index < -0.39 is 0 Å². The van der Waals surface area contributed by atoms with Crippen LogP contribution >= 0.6 is 0 Å². The van der Waals surface area contributed by atoms with Crippen molar-refractivity contribution in [3.05, 3.63) is 35.9 Å². The number of rotatable bonds is 9. The summed E-state index contributed by atoms with van der Waals surface area (Å²) in [6, 6.07) is 11.9. The zero-order chi connectivity index (χ0) is 15.8. The van der Waals surface area contributed by atoms with E-state index in [2.05, 4.69) is 82.1 Å². The topological polar surface area (TPSA) is 15.3 Å². The second-order valence-electron chi connectivity index (χ2n) is 6.86. The van der Waals surface area contributed by atoms with Crippen LogP contribution in [0.3, 0.4) is 0 Å². The van der Waals surface area contributed by atoms with Gasteiger partial charge in [-0.1, -0.05) is 58.0 Å². The van der Waals surface area contributed by atoms with E-state index in [1.165, 1.54) is 12.1 Å². The summed E-state index contributed by atoms with van der Waals surface area (Å²) in [6.45, 7) is 17.1. The maximum absolute atomic E-state index is 3.67. The van der Waals surface area contributed by atoms with Crippen molar-refractivity contribution in [1.82, 2.24) is 10.2 Å². The second kappa shape index (κ2) is 9.22. The lowest BCUT2D eigenvalue weighted by atomic mass is 9.93. The highest BCUT2D eigenvalue weighted by Crippen LogP contribution is 2.23. The van der Waals surface area contributed by atoms with Crippen LogP contribution in [0.15, 0.2) is 30.3 Å². The summed E-state index contributed by atoms with van der Waals surface area (Å²) in [6.07, 6.45) is 0. The molecule has 0 aliphatic carbocycles. The Hall–Kier alpha value is -0.860. The van der Waals surface area contributed by atoms with Gasteiger partial charge in [0.2, 0.25) is 0 Å². The largest absolute Gasteiger partial charge is 0.310 e. The molecule has 0 bridgehead atoms. The normalized spacial score (nSPS) is 14.9. The molecule has 0 aromatic heterocycles. The monoisotopic (exact) mass is 290 g/mol. The molecule has 0 radical (unpaired) electrons. The molecule has 0 saturated carbocycles. The first-order valence-corrected chi connectivity index (χ1v) is 8.48. The Kier molecular flexibility index (Phi) is 7.98. The van der Waals surface area contributed by atoms with Gasteiger partial charge < -0.3 is 10.2 Å². The molecule has 0 aliphatic rings. The molecule has 1 N–H and O–H groups in total. The Labute approximate surface area is 131 Å². The molecule has 0 saturated heterocycles. The smallest absolute Gasteiger partial charge is 0.0358 e. The van der Waals surface area contributed by atoms with Crippen LogP contribution in [-0.2, 0) is 0 Å². The van der Waals surface area contributed by atoms with Crippen LogP contribution in [0, 0.1) is 11.8 Å². The molecule has 0 spiro atoms. The molecule has 2 heteroatoms. The van der Waals surface area contributed by atoms with Crippen LogP contribution in [0.1, 0.15) is 53.1 Å². The van der Waals surface area contributed by atoms with Crippen LogP contribution in [0.5, 0.6) is 0 Å².